The topological polar surface area (TPSA) is 74.2 Å². The lowest BCUT2D eigenvalue weighted by atomic mass is 9.93. The number of rotatable bonds is 7. The molecule has 1 saturated carbocycles. The van der Waals surface area contributed by atoms with Gasteiger partial charge in [-0.05, 0) is 39.5 Å². The lowest BCUT2D eigenvalue weighted by Crippen LogP contribution is -2.30. The molecule has 0 bridgehead atoms. The number of aromatic nitrogens is 2. The summed E-state index contributed by atoms with van der Waals surface area (Å²) in [7, 11) is 0. The maximum Gasteiger partial charge on any atom is 0.226 e. The molecule has 5 nitrogen and oxygen atoms in total. The maximum absolute atomic E-state index is 6.09. The van der Waals surface area contributed by atoms with Crippen molar-refractivity contribution in [3.63, 3.8) is 0 Å². The monoisotopic (exact) mass is 295 g/mol. The third-order valence-corrected chi connectivity index (χ3v) is 4.26. The van der Waals surface area contributed by atoms with Crippen LogP contribution in [-0.4, -0.2) is 22.8 Å². The lowest BCUT2D eigenvalue weighted by Gasteiger charge is -2.29. The Labute approximate surface area is 127 Å². The second-order valence-corrected chi connectivity index (χ2v) is 6.22. The van der Waals surface area contributed by atoms with Gasteiger partial charge in [0.25, 0.3) is 0 Å². The van der Waals surface area contributed by atoms with Crippen molar-refractivity contribution >= 4 is 0 Å². The summed E-state index contributed by atoms with van der Waals surface area (Å²) in [6.07, 6.45) is 9.66. The largest absolute Gasteiger partial charge is 0.367 e. The van der Waals surface area contributed by atoms with Crippen LogP contribution in [0.4, 0.5) is 0 Å². The fraction of sp³-hybridized carbons (Fsp3) is 0.875. The van der Waals surface area contributed by atoms with Gasteiger partial charge in [-0.25, -0.2) is 0 Å². The van der Waals surface area contributed by atoms with Crippen LogP contribution in [0.3, 0.4) is 0 Å². The molecule has 120 valence electrons. The molecule has 1 aliphatic rings. The highest BCUT2D eigenvalue weighted by Crippen LogP contribution is 2.38. The molecule has 1 aromatic rings. The number of hydrogen-bond donors (Lipinski definition) is 1. The van der Waals surface area contributed by atoms with E-state index in [1.165, 1.54) is 25.7 Å². The molecule has 2 N–H and O–H groups in total. The van der Waals surface area contributed by atoms with Crippen LogP contribution in [0.25, 0.3) is 0 Å². The minimum atomic E-state index is -0.325. The zero-order valence-electron chi connectivity index (χ0n) is 13.4. The third-order valence-electron chi connectivity index (χ3n) is 4.26. The third kappa shape index (κ3) is 4.51. The van der Waals surface area contributed by atoms with Crippen molar-refractivity contribution in [3.05, 3.63) is 11.7 Å². The van der Waals surface area contributed by atoms with Crippen molar-refractivity contribution in [2.45, 2.75) is 83.3 Å². The number of aryl methyl sites for hydroxylation is 1. The Hall–Kier alpha value is -0.940. The maximum atomic E-state index is 6.09. The Balaban J connectivity index is 2.04. The van der Waals surface area contributed by atoms with Gasteiger partial charge >= 0.3 is 0 Å². The van der Waals surface area contributed by atoms with E-state index in [1.807, 2.05) is 13.8 Å². The van der Waals surface area contributed by atoms with Crippen molar-refractivity contribution in [1.29, 1.82) is 0 Å². The molecule has 1 fully saturated rings. The van der Waals surface area contributed by atoms with E-state index in [2.05, 4.69) is 10.1 Å². The van der Waals surface area contributed by atoms with Crippen LogP contribution in [0.2, 0.25) is 0 Å². The van der Waals surface area contributed by atoms with E-state index in [9.17, 15) is 0 Å². The fourth-order valence-corrected chi connectivity index (χ4v) is 3.13. The van der Waals surface area contributed by atoms with E-state index < -0.39 is 0 Å². The molecular formula is C16H29N3O2. The summed E-state index contributed by atoms with van der Waals surface area (Å²) in [5.41, 5.74) is 5.44. The molecule has 1 atom stereocenters. The average molecular weight is 295 g/mol. The van der Waals surface area contributed by atoms with Gasteiger partial charge in [-0.2, -0.15) is 4.98 Å². The van der Waals surface area contributed by atoms with Crippen molar-refractivity contribution in [2.24, 2.45) is 5.73 Å². The van der Waals surface area contributed by atoms with Gasteiger partial charge in [-0.3, -0.25) is 0 Å². The second-order valence-electron chi connectivity index (χ2n) is 6.22. The average Bonchev–Trinajstić information content (AvgIpc) is 2.79. The molecule has 0 aromatic carbocycles. The fourth-order valence-electron chi connectivity index (χ4n) is 3.13. The van der Waals surface area contributed by atoms with E-state index in [1.54, 1.807) is 0 Å². The van der Waals surface area contributed by atoms with Gasteiger partial charge in [0, 0.05) is 19.1 Å². The summed E-state index contributed by atoms with van der Waals surface area (Å²) in [6.45, 7) is 4.75. The van der Waals surface area contributed by atoms with Gasteiger partial charge in [0.1, 0.15) is 5.60 Å². The molecule has 1 unspecified atom stereocenters. The van der Waals surface area contributed by atoms with Crippen molar-refractivity contribution in [3.8, 4) is 0 Å². The number of nitrogens with two attached hydrogens (primary N) is 1. The molecule has 0 amide bonds. The molecule has 2 rings (SSSR count). The Morgan fingerprint density at radius 2 is 2.00 bits per heavy atom. The van der Waals surface area contributed by atoms with Crippen LogP contribution in [0, 0.1) is 0 Å². The molecule has 5 heteroatoms. The van der Waals surface area contributed by atoms with E-state index in [0.717, 1.165) is 37.9 Å². The summed E-state index contributed by atoms with van der Waals surface area (Å²) < 4.78 is 11.5. The Kier molecular flexibility index (Phi) is 6.18. The lowest BCUT2D eigenvalue weighted by molar-refractivity contribution is -0.0636. The molecule has 1 aromatic heterocycles. The van der Waals surface area contributed by atoms with E-state index >= 15 is 0 Å². The second kappa shape index (κ2) is 7.90. The minimum absolute atomic E-state index is 0.226. The molecule has 1 aliphatic carbocycles. The van der Waals surface area contributed by atoms with Crippen LogP contribution in [0.5, 0.6) is 0 Å². The van der Waals surface area contributed by atoms with Crippen molar-refractivity contribution in [1.82, 2.24) is 10.1 Å². The smallest absolute Gasteiger partial charge is 0.226 e. The SMILES string of the molecule is CCOC1(c2noc(CCCC(C)N)n2)CCCCCC1. The first kappa shape index (κ1) is 16.4. The van der Waals surface area contributed by atoms with Crippen LogP contribution in [0.1, 0.15) is 76.9 Å². The molecule has 0 radical (unpaired) electrons. The van der Waals surface area contributed by atoms with Crippen LogP contribution in [0.15, 0.2) is 4.52 Å². The first-order chi connectivity index (χ1) is 10.2. The predicted octanol–water partition coefficient (Wildman–Crippen LogP) is 3.33. The van der Waals surface area contributed by atoms with Gasteiger partial charge in [0.15, 0.2) is 0 Å². The highest BCUT2D eigenvalue weighted by molar-refractivity contribution is 5.03. The Bertz CT molecular complexity index is 409. The summed E-state index contributed by atoms with van der Waals surface area (Å²) in [4.78, 5) is 4.62. The van der Waals surface area contributed by atoms with Crippen LogP contribution in [-0.2, 0) is 16.8 Å². The van der Waals surface area contributed by atoms with Gasteiger partial charge < -0.3 is 15.0 Å². The van der Waals surface area contributed by atoms with E-state index in [-0.39, 0.29) is 11.6 Å². The predicted molar refractivity (Wildman–Crippen MR) is 81.9 cm³/mol. The molecule has 0 aliphatic heterocycles. The van der Waals surface area contributed by atoms with Gasteiger partial charge in [-0.1, -0.05) is 30.8 Å². The first-order valence-corrected chi connectivity index (χ1v) is 8.39. The zero-order valence-corrected chi connectivity index (χ0v) is 13.4. The van der Waals surface area contributed by atoms with Gasteiger partial charge in [-0.15, -0.1) is 0 Å². The van der Waals surface area contributed by atoms with Crippen molar-refractivity contribution in [2.75, 3.05) is 6.61 Å². The first-order valence-electron chi connectivity index (χ1n) is 8.39. The number of hydrogen-bond acceptors (Lipinski definition) is 5. The molecular weight excluding hydrogens is 266 g/mol. The number of ether oxygens (including phenoxy) is 1. The molecule has 0 saturated heterocycles. The van der Waals surface area contributed by atoms with Crippen LogP contribution >= 0.6 is 0 Å². The number of nitrogens with zero attached hydrogens (tertiary/aromatic N) is 2. The summed E-state index contributed by atoms with van der Waals surface area (Å²) >= 11 is 0. The highest BCUT2D eigenvalue weighted by Gasteiger charge is 2.38. The normalized spacial score (nSPS) is 20.1. The summed E-state index contributed by atoms with van der Waals surface area (Å²) in [5, 5.41) is 4.23. The van der Waals surface area contributed by atoms with Crippen molar-refractivity contribution < 1.29 is 9.26 Å². The highest BCUT2D eigenvalue weighted by atomic mass is 16.5. The van der Waals surface area contributed by atoms with Gasteiger partial charge in [0.05, 0.1) is 0 Å². The zero-order chi connectivity index (χ0) is 15.1. The quantitative estimate of drug-likeness (QED) is 0.781. The van der Waals surface area contributed by atoms with E-state index in [4.69, 9.17) is 15.0 Å². The molecule has 0 spiro atoms. The summed E-state index contributed by atoms with van der Waals surface area (Å²) in [5.74, 6) is 1.47. The standard InChI is InChI=1S/C16H29N3O2/c1-3-20-16(11-6-4-5-7-12-16)15-18-14(21-19-15)10-8-9-13(2)17/h13H,3-12,17H2,1-2H3. The Morgan fingerprint density at radius 3 is 2.62 bits per heavy atom. The van der Waals surface area contributed by atoms with Crippen LogP contribution < -0.4 is 5.73 Å². The Morgan fingerprint density at radius 1 is 1.29 bits per heavy atom. The van der Waals surface area contributed by atoms with Gasteiger partial charge in [0.2, 0.25) is 11.7 Å². The van der Waals surface area contributed by atoms with E-state index in [0.29, 0.717) is 12.5 Å². The molecule has 1 heterocycles. The minimum Gasteiger partial charge on any atom is -0.367 e. The molecule has 21 heavy (non-hydrogen) atoms. The summed E-state index contributed by atoms with van der Waals surface area (Å²) in [6, 6.07) is 0.226.